The second-order valence-corrected chi connectivity index (χ2v) is 25.0. The van der Waals surface area contributed by atoms with Crippen LogP contribution in [-0.2, 0) is 5.41 Å². The molecule has 2 aromatic heterocycles. The number of benzene rings is 15. The van der Waals surface area contributed by atoms with Gasteiger partial charge in [-0.3, -0.25) is 4.57 Å². The van der Waals surface area contributed by atoms with Crippen LogP contribution in [0.25, 0.3) is 149 Å². The third-order valence-corrected chi connectivity index (χ3v) is 19.4. The first-order valence-corrected chi connectivity index (χ1v) is 32.0. The summed E-state index contributed by atoms with van der Waals surface area (Å²) in [6, 6.07) is 117. The lowest BCUT2D eigenvalue weighted by Gasteiger charge is -2.29. The second-order valence-electron chi connectivity index (χ2n) is 25.0. The minimum absolute atomic E-state index is 0.481. The molecule has 1 aliphatic rings. The van der Waals surface area contributed by atoms with Crippen LogP contribution in [-0.4, -0.2) is 19.5 Å². The highest BCUT2D eigenvalue weighted by atomic mass is 15.2. The maximum Gasteiger partial charge on any atom is 0.238 e. The fourth-order valence-corrected chi connectivity index (χ4v) is 15.0. The first kappa shape index (κ1) is 53.9. The molecule has 0 amide bonds. The Hall–Kier alpha value is -12.1. The van der Waals surface area contributed by atoms with Gasteiger partial charge in [-0.05, 0) is 159 Å². The van der Waals surface area contributed by atoms with Gasteiger partial charge in [-0.1, -0.05) is 281 Å². The van der Waals surface area contributed by atoms with E-state index < -0.39 is 5.41 Å². The predicted octanol–water partition coefficient (Wildman–Crippen LogP) is 23.4. The molecule has 2 heterocycles. The van der Waals surface area contributed by atoms with Crippen LogP contribution in [0, 0.1) is 0 Å². The van der Waals surface area contributed by atoms with E-state index in [-0.39, 0.29) is 0 Å². The number of aromatic nitrogens is 4. The highest BCUT2D eigenvalue weighted by Crippen LogP contribution is 2.58. The van der Waals surface area contributed by atoms with Crippen molar-refractivity contribution in [2.75, 3.05) is 4.90 Å². The maximum absolute atomic E-state index is 5.55. The Morgan fingerprint density at radius 3 is 1.26 bits per heavy atom. The minimum atomic E-state index is -0.481. The van der Waals surface area contributed by atoms with Gasteiger partial charge in [0, 0.05) is 44.3 Å². The minimum Gasteiger partial charge on any atom is -0.310 e. The van der Waals surface area contributed by atoms with Gasteiger partial charge in [0.15, 0.2) is 11.6 Å². The Balaban J connectivity index is 0.875. The molecule has 15 aromatic carbocycles. The van der Waals surface area contributed by atoms with E-state index in [0.717, 1.165) is 78.0 Å². The van der Waals surface area contributed by atoms with Gasteiger partial charge in [-0.15, -0.1) is 0 Å². The van der Waals surface area contributed by atoms with Crippen LogP contribution < -0.4 is 4.90 Å². The summed E-state index contributed by atoms with van der Waals surface area (Å²) >= 11 is 0. The predicted molar refractivity (Wildman–Crippen MR) is 389 cm³/mol. The molecule has 0 spiro atoms. The maximum atomic E-state index is 5.55. The van der Waals surface area contributed by atoms with E-state index in [0.29, 0.717) is 17.6 Å². The fraction of sp³-hybridized carbons (Fsp3) is 0.0341. The van der Waals surface area contributed by atoms with Crippen LogP contribution >= 0.6 is 0 Å². The van der Waals surface area contributed by atoms with Gasteiger partial charge in [0.2, 0.25) is 5.95 Å². The van der Waals surface area contributed by atoms with Crippen molar-refractivity contribution in [3.63, 3.8) is 0 Å². The van der Waals surface area contributed by atoms with E-state index in [1.807, 2.05) is 12.1 Å². The molecule has 0 fully saturated rings. The standard InChI is InChI=1S/C88H59N5/c1-88(2)78-55-75-71-37-21-19-35-69(71)68-34-18-20-36-70(68)74(75)54-76(78)81-72-38-22-23-39-73(72)82-77-52-63(45-51-79(77)93(84(82)83(81)88)87-90-85(61-30-14-6-15-31-61)89-86(91-87)62-32-16-7-17-33-62)59-42-48-66(49-43-59)92(65-46-40-58(41-47-65)56-24-8-3-9-25-56)80-53-64(57-26-10-4-11-27-57)44-50-67(80)60-28-12-5-13-29-60/h3-55H,1-2H3. The number of anilines is 3. The van der Waals surface area contributed by atoms with E-state index in [2.05, 4.69) is 333 Å². The number of fused-ring (bicyclic) bond motifs is 16. The fourth-order valence-electron chi connectivity index (χ4n) is 15.0. The summed E-state index contributed by atoms with van der Waals surface area (Å²) in [5, 5.41) is 12.2. The summed E-state index contributed by atoms with van der Waals surface area (Å²) in [5.41, 5.74) is 20.9. The van der Waals surface area contributed by atoms with Gasteiger partial charge in [-0.2, -0.15) is 9.97 Å². The Morgan fingerprint density at radius 1 is 0.301 bits per heavy atom. The van der Waals surface area contributed by atoms with Crippen LogP contribution in [0.15, 0.2) is 322 Å². The average Bonchev–Trinajstić information content (AvgIpc) is 1.52. The van der Waals surface area contributed by atoms with E-state index in [1.165, 1.54) is 81.9 Å². The molecule has 0 radical (unpaired) electrons. The van der Waals surface area contributed by atoms with Gasteiger partial charge in [0.05, 0.1) is 16.7 Å². The van der Waals surface area contributed by atoms with Crippen molar-refractivity contribution < 1.29 is 0 Å². The highest BCUT2D eigenvalue weighted by molar-refractivity contribution is 6.30. The second kappa shape index (κ2) is 21.6. The number of rotatable bonds is 10. The van der Waals surface area contributed by atoms with Gasteiger partial charge in [-0.25, -0.2) is 4.98 Å². The lowest BCUT2D eigenvalue weighted by molar-refractivity contribution is 0.664. The quantitative estimate of drug-likeness (QED) is 0.128. The summed E-state index contributed by atoms with van der Waals surface area (Å²) in [5.74, 6) is 1.79. The van der Waals surface area contributed by atoms with Crippen molar-refractivity contribution in [1.29, 1.82) is 0 Å². The Labute approximate surface area is 539 Å². The lowest BCUT2D eigenvalue weighted by Crippen LogP contribution is -2.17. The topological polar surface area (TPSA) is 46.8 Å². The molecular formula is C88H59N5. The smallest absolute Gasteiger partial charge is 0.238 e. The Bertz CT molecular complexity index is 5730. The molecule has 0 saturated heterocycles. The zero-order valence-electron chi connectivity index (χ0n) is 51.3. The Morgan fingerprint density at radius 2 is 0.710 bits per heavy atom. The van der Waals surface area contributed by atoms with E-state index >= 15 is 0 Å². The molecule has 0 atom stereocenters. The molecule has 17 aromatic rings. The molecule has 0 saturated carbocycles. The summed E-state index contributed by atoms with van der Waals surface area (Å²) in [7, 11) is 0. The summed E-state index contributed by atoms with van der Waals surface area (Å²) in [4.78, 5) is 18.8. The van der Waals surface area contributed by atoms with Gasteiger partial charge < -0.3 is 4.90 Å². The monoisotopic (exact) mass is 1190 g/mol. The normalized spacial score (nSPS) is 12.5. The van der Waals surface area contributed by atoms with Crippen molar-refractivity contribution in [1.82, 2.24) is 19.5 Å². The third-order valence-electron chi connectivity index (χ3n) is 19.4. The molecule has 0 aliphatic heterocycles. The first-order valence-electron chi connectivity index (χ1n) is 32.0. The van der Waals surface area contributed by atoms with E-state index in [1.54, 1.807) is 0 Å². The van der Waals surface area contributed by atoms with Crippen LogP contribution in [0.1, 0.15) is 25.0 Å². The molecule has 93 heavy (non-hydrogen) atoms. The molecule has 436 valence electrons. The van der Waals surface area contributed by atoms with Gasteiger partial charge in [0.25, 0.3) is 0 Å². The molecule has 5 heteroatoms. The highest BCUT2D eigenvalue weighted by Gasteiger charge is 2.41. The van der Waals surface area contributed by atoms with Crippen LogP contribution in [0.4, 0.5) is 17.1 Å². The molecule has 0 N–H and O–H groups in total. The summed E-state index contributed by atoms with van der Waals surface area (Å²) in [6.07, 6.45) is 0. The number of hydrogen-bond acceptors (Lipinski definition) is 4. The van der Waals surface area contributed by atoms with Crippen molar-refractivity contribution in [3.05, 3.63) is 333 Å². The molecular weight excluding hydrogens is 1130 g/mol. The van der Waals surface area contributed by atoms with E-state index in [4.69, 9.17) is 15.0 Å². The van der Waals surface area contributed by atoms with Crippen molar-refractivity contribution in [2.24, 2.45) is 0 Å². The summed E-state index contributed by atoms with van der Waals surface area (Å²) < 4.78 is 2.37. The third kappa shape index (κ3) is 8.80. The SMILES string of the molecule is CC1(C)c2cc3c4ccccc4c4ccccc4c3cc2-c2c1c1c(c3ccccc23)c2cc(-c3ccc(N(c4ccc(-c5ccccc5)cc4)c4cc(-c5ccccc5)ccc4-c4ccccc4)cc3)ccc2n1-c1nc(-c2ccccc2)nc(-c2ccccc2)n1. The Kier molecular flexibility index (Phi) is 12.5. The zero-order chi connectivity index (χ0) is 61.7. The molecule has 1 aliphatic carbocycles. The molecule has 0 unspecified atom stereocenters. The van der Waals surface area contributed by atoms with Crippen molar-refractivity contribution >= 4 is 82.0 Å². The largest absolute Gasteiger partial charge is 0.310 e. The average molecular weight is 1190 g/mol. The van der Waals surface area contributed by atoms with Crippen LogP contribution in [0.3, 0.4) is 0 Å². The zero-order valence-corrected chi connectivity index (χ0v) is 51.3. The van der Waals surface area contributed by atoms with Crippen molar-refractivity contribution in [2.45, 2.75) is 19.3 Å². The summed E-state index contributed by atoms with van der Waals surface area (Å²) in [6.45, 7) is 4.85. The van der Waals surface area contributed by atoms with Crippen LogP contribution in [0.2, 0.25) is 0 Å². The van der Waals surface area contributed by atoms with Crippen LogP contribution in [0.5, 0.6) is 0 Å². The lowest BCUT2D eigenvalue weighted by atomic mass is 9.79. The van der Waals surface area contributed by atoms with Gasteiger partial charge >= 0.3 is 0 Å². The number of hydrogen-bond donors (Lipinski definition) is 0. The molecule has 18 rings (SSSR count). The van der Waals surface area contributed by atoms with E-state index in [9.17, 15) is 0 Å². The van der Waals surface area contributed by atoms with Gasteiger partial charge in [0.1, 0.15) is 0 Å². The number of nitrogens with zero attached hydrogens (tertiary/aromatic N) is 5. The van der Waals surface area contributed by atoms with Crippen molar-refractivity contribution in [3.8, 4) is 84.4 Å². The molecule has 5 nitrogen and oxygen atoms in total. The molecule has 0 bridgehead atoms. The first-order chi connectivity index (χ1) is 45.9.